The second kappa shape index (κ2) is 7.64. The van der Waals surface area contributed by atoms with Crippen LogP contribution >= 0.6 is 0 Å². The number of hydrogen-bond acceptors (Lipinski definition) is 7. The molecule has 0 saturated heterocycles. The third kappa shape index (κ3) is 4.36. The fourth-order valence-electron chi connectivity index (χ4n) is 2.85. The number of aromatic nitrogens is 4. The molecule has 8 nitrogen and oxygen atoms in total. The lowest BCUT2D eigenvalue weighted by Crippen LogP contribution is -2.23. The van der Waals surface area contributed by atoms with Crippen molar-refractivity contribution in [1.29, 1.82) is 0 Å². The van der Waals surface area contributed by atoms with Crippen molar-refractivity contribution in [2.24, 2.45) is 13.0 Å². The summed E-state index contributed by atoms with van der Waals surface area (Å²) in [6.07, 6.45) is 5.80. The number of rotatable bonds is 6. The summed E-state index contributed by atoms with van der Waals surface area (Å²) in [5, 5.41) is 16.6. The van der Waals surface area contributed by atoms with Gasteiger partial charge in [0.25, 0.3) is 11.8 Å². The molecule has 136 valence electrons. The number of methoxy groups -OCH3 is 1. The van der Waals surface area contributed by atoms with Gasteiger partial charge in [-0.1, -0.05) is 0 Å². The molecule has 0 atom stereocenters. The first-order valence-corrected chi connectivity index (χ1v) is 8.23. The number of ether oxygens (including phenoxy) is 2. The number of aliphatic hydroxyl groups is 1. The zero-order valence-corrected chi connectivity index (χ0v) is 14.3. The molecule has 2 N–H and O–H groups in total. The Kier molecular flexibility index (Phi) is 5.32. The summed E-state index contributed by atoms with van der Waals surface area (Å²) in [5.41, 5.74) is 0.573. The summed E-state index contributed by atoms with van der Waals surface area (Å²) < 4.78 is 26.2. The molecule has 2 aromatic heterocycles. The van der Waals surface area contributed by atoms with E-state index in [-0.39, 0.29) is 17.9 Å². The predicted molar refractivity (Wildman–Crippen MR) is 88.5 cm³/mol. The topological polar surface area (TPSA) is 94.3 Å². The maximum absolute atomic E-state index is 13.9. The van der Waals surface area contributed by atoms with Crippen LogP contribution in [-0.4, -0.2) is 44.7 Å². The average molecular weight is 351 g/mol. The van der Waals surface area contributed by atoms with Gasteiger partial charge in [0.15, 0.2) is 0 Å². The van der Waals surface area contributed by atoms with E-state index < -0.39 is 5.82 Å². The van der Waals surface area contributed by atoms with Crippen molar-refractivity contribution in [3.63, 3.8) is 0 Å². The van der Waals surface area contributed by atoms with E-state index in [2.05, 4.69) is 20.4 Å². The second-order valence-electron chi connectivity index (χ2n) is 6.18. The molecule has 0 amide bonds. The summed E-state index contributed by atoms with van der Waals surface area (Å²) in [6.45, 7) is 0.371. The van der Waals surface area contributed by atoms with Gasteiger partial charge in [-0.25, -0.2) is 4.98 Å². The van der Waals surface area contributed by atoms with E-state index in [1.165, 1.54) is 7.11 Å². The Morgan fingerprint density at radius 3 is 2.80 bits per heavy atom. The smallest absolute Gasteiger partial charge is 0.256 e. The second-order valence-corrected chi connectivity index (χ2v) is 6.18. The van der Waals surface area contributed by atoms with Crippen LogP contribution in [0.5, 0.6) is 11.8 Å². The van der Waals surface area contributed by atoms with Gasteiger partial charge in [-0.15, -0.1) is 5.10 Å². The van der Waals surface area contributed by atoms with Crippen molar-refractivity contribution < 1.29 is 19.0 Å². The SMILES string of the molecule is COc1nn(C)cc1Nc1ncc(F)c(OCC2CCC(O)CC2)n1. The van der Waals surface area contributed by atoms with Gasteiger partial charge >= 0.3 is 0 Å². The Balaban J connectivity index is 1.65. The zero-order chi connectivity index (χ0) is 17.8. The Morgan fingerprint density at radius 2 is 2.08 bits per heavy atom. The molecule has 2 heterocycles. The van der Waals surface area contributed by atoms with Crippen LogP contribution in [0.15, 0.2) is 12.4 Å². The largest absolute Gasteiger partial charge is 0.478 e. The van der Waals surface area contributed by atoms with Crippen LogP contribution in [0.1, 0.15) is 25.7 Å². The zero-order valence-electron chi connectivity index (χ0n) is 14.3. The standard InChI is InChI=1S/C16H22FN5O3/c1-22-8-13(15(21-22)24-2)19-16-18-7-12(17)14(20-16)25-9-10-3-5-11(23)6-4-10/h7-8,10-11,23H,3-6,9H2,1-2H3,(H,18,19,20). The number of nitrogens with one attached hydrogen (secondary N) is 1. The van der Waals surface area contributed by atoms with Crippen LogP contribution in [0, 0.1) is 11.7 Å². The van der Waals surface area contributed by atoms with Crippen molar-refractivity contribution in [1.82, 2.24) is 19.7 Å². The van der Waals surface area contributed by atoms with Crippen LogP contribution in [-0.2, 0) is 7.05 Å². The van der Waals surface area contributed by atoms with E-state index >= 15 is 0 Å². The normalized spacial score (nSPS) is 20.3. The number of halogens is 1. The highest BCUT2D eigenvalue weighted by Crippen LogP contribution is 2.27. The van der Waals surface area contributed by atoms with Gasteiger partial charge in [0.1, 0.15) is 5.69 Å². The van der Waals surface area contributed by atoms with Gasteiger partial charge in [-0.2, -0.15) is 9.37 Å². The molecule has 0 bridgehead atoms. The predicted octanol–water partition coefficient (Wildman–Crippen LogP) is 2.03. The Bertz CT molecular complexity index is 716. The quantitative estimate of drug-likeness (QED) is 0.822. The van der Waals surface area contributed by atoms with E-state index in [1.54, 1.807) is 17.9 Å². The maximum atomic E-state index is 13.9. The average Bonchev–Trinajstić information content (AvgIpc) is 2.96. The van der Waals surface area contributed by atoms with Crippen molar-refractivity contribution in [2.45, 2.75) is 31.8 Å². The molecule has 25 heavy (non-hydrogen) atoms. The minimum absolute atomic E-state index is 0.0912. The molecule has 0 aliphatic heterocycles. The van der Waals surface area contributed by atoms with Crippen molar-refractivity contribution in [2.75, 3.05) is 19.0 Å². The summed E-state index contributed by atoms with van der Waals surface area (Å²) >= 11 is 0. The lowest BCUT2D eigenvalue weighted by atomic mass is 9.88. The summed E-state index contributed by atoms with van der Waals surface area (Å²) in [4.78, 5) is 8.01. The molecular weight excluding hydrogens is 329 g/mol. The molecule has 1 aliphatic carbocycles. The van der Waals surface area contributed by atoms with E-state index in [1.807, 2.05) is 0 Å². The van der Waals surface area contributed by atoms with Crippen molar-refractivity contribution >= 4 is 11.6 Å². The van der Waals surface area contributed by atoms with Gasteiger partial charge < -0.3 is 19.9 Å². The molecule has 9 heteroatoms. The lowest BCUT2D eigenvalue weighted by Gasteiger charge is -2.25. The van der Waals surface area contributed by atoms with Crippen molar-refractivity contribution in [3.05, 3.63) is 18.2 Å². The number of hydrogen-bond donors (Lipinski definition) is 2. The number of aryl methyl sites for hydroxylation is 1. The van der Waals surface area contributed by atoms with Crippen LogP contribution in [0.25, 0.3) is 0 Å². The van der Waals surface area contributed by atoms with Crippen LogP contribution < -0.4 is 14.8 Å². The molecule has 1 aliphatic rings. The molecule has 2 aromatic rings. The Morgan fingerprint density at radius 1 is 1.32 bits per heavy atom. The van der Waals surface area contributed by atoms with Crippen molar-refractivity contribution in [3.8, 4) is 11.8 Å². The molecular formula is C16H22FN5O3. The first-order chi connectivity index (χ1) is 12.0. The molecule has 0 aromatic carbocycles. The molecule has 1 fully saturated rings. The van der Waals surface area contributed by atoms with Gasteiger partial charge in [0.2, 0.25) is 11.8 Å². The van der Waals surface area contributed by atoms with Gasteiger partial charge in [-0.05, 0) is 31.6 Å². The number of nitrogens with zero attached hydrogens (tertiary/aromatic N) is 4. The van der Waals surface area contributed by atoms with Gasteiger partial charge in [-0.3, -0.25) is 4.68 Å². The van der Waals surface area contributed by atoms with E-state index in [0.29, 0.717) is 24.1 Å². The van der Waals surface area contributed by atoms with E-state index in [4.69, 9.17) is 9.47 Å². The summed E-state index contributed by atoms with van der Waals surface area (Å²) in [6, 6.07) is 0. The molecule has 3 rings (SSSR count). The number of aliphatic hydroxyl groups excluding tert-OH is 1. The highest BCUT2D eigenvalue weighted by molar-refractivity contribution is 5.58. The lowest BCUT2D eigenvalue weighted by molar-refractivity contribution is 0.0899. The monoisotopic (exact) mass is 351 g/mol. The minimum atomic E-state index is -0.612. The summed E-state index contributed by atoms with van der Waals surface area (Å²) in [7, 11) is 3.27. The molecule has 0 spiro atoms. The molecule has 0 radical (unpaired) electrons. The molecule has 1 saturated carbocycles. The minimum Gasteiger partial charge on any atom is -0.478 e. The van der Waals surface area contributed by atoms with Crippen LogP contribution in [0.4, 0.5) is 16.0 Å². The highest BCUT2D eigenvalue weighted by Gasteiger charge is 2.21. The van der Waals surface area contributed by atoms with Gasteiger partial charge in [0.05, 0.1) is 32.2 Å². The maximum Gasteiger partial charge on any atom is 0.256 e. The summed E-state index contributed by atoms with van der Waals surface area (Å²) in [5.74, 6) is 0.180. The van der Waals surface area contributed by atoms with E-state index in [0.717, 1.165) is 31.9 Å². The van der Waals surface area contributed by atoms with Crippen LogP contribution in [0.3, 0.4) is 0 Å². The fourth-order valence-corrected chi connectivity index (χ4v) is 2.85. The first-order valence-electron chi connectivity index (χ1n) is 8.23. The first kappa shape index (κ1) is 17.4. The fraction of sp³-hybridized carbons (Fsp3) is 0.562. The Labute approximate surface area is 145 Å². The van der Waals surface area contributed by atoms with Gasteiger partial charge in [0, 0.05) is 7.05 Å². The Hall–Kier alpha value is -2.42. The van der Waals surface area contributed by atoms with Crippen LogP contribution in [0.2, 0.25) is 0 Å². The van der Waals surface area contributed by atoms with E-state index in [9.17, 15) is 9.50 Å². The third-order valence-corrected chi connectivity index (χ3v) is 4.22. The molecule has 0 unspecified atom stereocenters. The number of anilines is 2. The highest BCUT2D eigenvalue weighted by atomic mass is 19.1. The third-order valence-electron chi connectivity index (χ3n) is 4.22.